The highest BCUT2D eigenvalue weighted by molar-refractivity contribution is 8.16. The molecule has 1 aliphatic heterocycles. The molecule has 0 aliphatic carbocycles. The summed E-state index contributed by atoms with van der Waals surface area (Å²) in [5.74, 6) is -0.274. The first-order valence-electron chi connectivity index (χ1n) is 6.01. The van der Waals surface area contributed by atoms with Crippen LogP contribution < -0.4 is 0 Å². The topological polar surface area (TPSA) is 90.2 Å². The number of carbonyl (C=O) groups is 1. The molecule has 0 saturated heterocycles. The van der Waals surface area contributed by atoms with E-state index in [1.165, 1.54) is 11.8 Å². The van der Waals surface area contributed by atoms with Crippen molar-refractivity contribution in [2.45, 2.75) is 18.6 Å². The summed E-state index contributed by atoms with van der Waals surface area (Å²) in [7, 11) is 0. The fraction of sp³-hybridized carbons (Fsp3) is 0.231. The van der Waals surface area contributed by atoms with Gasteiger partial charge in [-0.25, -0.2) is 0 Å². The summed E-state index contributed by atoms with van der Waals surface area (Å²) in [4.78, 5) is 18.2. The van der Waals surface area contributed by atoms with Gasteiger partial charge >= 0.3 is 0 Å². The lowest BCUT2D eigenvalue weighted by atomic mass is 10.2. The van der Waals surface area contributed by atoms with E-state index in [0.29, 0.717) is 10.9 Å². The molecule has 20 heavy (non-hydrogen) atoms. The maximum absolute atomic E-state index is 11.6. The maximum atomic E-state index is 11.6. The second-order valence-corrected chi connectivity index (χ2v) is 6.47. The Labute approximate surface area is 119 Å². The number of aromatic nitrogens is 1. The molecule has 1 aromatic heterocycles. The third kappa shape index (κ3) is 2.09. The molecule has 3 rings (SSSR count). The lowest BCUT2D eigenvalue weighted by Crippen LogP contribution is -2.21. The number of hydrogen-bond donors (Lipinski definition) is 2. The number of para-hydroxylation sites is 1. The van der Waals surface area contributed by atoms with Gasteiger partial charge in [-0.15, -0.1) is 10.2 Å². The molecule has 1 aromatic carbocycles. The van der Waals surface area contributed by atoms with Gasteiger partial charge in [-0.1, -0.05) is 30.0 Å². The minimum atomic E-state index is -0.601. The second kappa shape index (κ2) is 4.45. The van der Waals surface area contributed by atoms with Gasteiger partial charge in [0.15, 0.2) is 5.69 Å². The number of amidine groups is 1. The zero-order valence-corrected chi connectivity index (χ0v) is 11.7. The van der Waals surface area contributed by atoms with Crippen LogP contribution in [0.15, 0.2) is 39.5 Å². The van der Waals surface area contributed by atoms with Crippen molar-refractivity contribution in [2.75, 3.05) is 0 Å². The Hall–Kier alpha value is -2.15. The van der Waals surface area contributed by atoms with E-state index in [-0.39, 0.29) is 11.8 Å². The molecule has 1 amide bonds. The van der Waals surface area contributed by atoms with E-state index in [9.17, 15) is 9.90 Å². The molecule has 0 spiro atoms. The SMILES string of the molecule is CC1(C)SC(N=Nc2c(O)[nH]c3ccccc23)=NC1=O. The molecule has 2 N–H and O–H groups in total. The number of aromatic hydroxyl groups is 1. The van der Waals surface area contributed by atoms with Crippen molar-refractivity contribution in [3.05, 3.63) is 24.3 Å². The van der Waals surface area contributed by atoms with Crippen LogP contribution in [0.4, 0.5) is 5.69 Å². The summed E-state index contributed by atoms with van der Waals surface area (Å²) >= 11 is 1.26. The lowest BCUT2D eigenvalue weighted by molar-refractivity contribution is -0.119. The van der Waals surface area contributed by atoms with Crippen molar-refractivity contribution in [1.82, 2.24) is 4.98 Å². The molecule has 0 atom stereocenters. The number of hydrogen-bond acceptors (Lipinski definition) is 5. The van der Waals surface area contributed by atoms with Gasteiger partial charge in [0.1, 0.15) is 0 Å². The van der Waals surface area contributed by atoms with E-state index in [0.717, 1.165) is 10.9 Å². The van der Waals surface area contributed by atoms with Gasteiger partial charge in [0.2, 0.25) is 11.0 Å². The van der Waals surface area contributed by atoms with Gasteiger partial charge in [-0.3, -0.25) is 4.79 Å². The average molecular weight is 288 g/mol. The minimum absolute atomic E-state index is 0.0517. The van der Waals surface area contributed by atoms with E-state index in [1.54, 1.807) is 13.8 Å². The molecule has 0 unspecified atom stereocenters. The first-order chi connectivity index (χ1) is 9.47. The van der Waals surface area contributed by atoms with Crippen LogP contribution in [0.2, 0.25) is 0 Å². The Morgan fingerprint density at radius 3 is 2.75 bits per heavy atom. The van der Waals surface area contributed by atoms with Crippen molar-refractivity contribution in [3.8, 4) is 5.88 Å². The van der Waals surface area contributed by atoms with Gasteiger partial charge in [-0.2, -0.15) is 4.99 Å². The Morgan fingerprint density at radius 2 is 2.05 bits per heavy atom. The molecular formula is C13H12N4O2S. The number of nitrogens with one attached hydrogen (secondary N) is 1. The molecular weight excluding hydrogens is 276 g/mol. The predicted molar refractivity (Wildman–Crippen MR) is 78.6 cm³/mol. The third-order valence-electron chi connectivity index (χ3n) is 2.95. The van der Waals surface area contributed by atoms with Crippen molar-refractivity contribution in [1.29, 1.82) is 0 Å². The number of rotatable bonds is 1. The maximum Gasteiger partial charge on any atom is 0.264 e. The average Bonchev–Trinajstić information content (AvgIpc) is 2.83. The van der Waals surface area contributed by atoms with Crippen LogP contribution >= 0.6 is 11.8 Å². The quantitative estimate of drug-likeness (QED) is 0.788. The second-order valence-electron chi connectivity index (χ2n) is 4.88. The largest absolute Gasteiger partial charge is 0.493 e. The Kier molecular flexibility index (Phi) is 2.86. The molecule has 0 bridgehead atoms. The Morgan fingerprint density at radius 1 is 1.30 bits per heavy atom. The van der Waals surface area contributed by atoms with Gasteiger partial charge in [0.05, 0.1) is 10.3 Å². The van der Waals surface area contributed by atoms with Crippen LogP contribution in [0.5, 0.6) is 5.88 Å². The molecule has 2 aromatic rings. The molecule has 1 aliphatic rings. The number of aromatic amines is 1. The monoisotopic (exact) mass is 288 g/mol. The van der Waals surface area contributed by atoms with Crippen LogP contribution in [0.25, 0.3) is 10.9 Å². The Balaban J connectivity index is 1.95. The van der Waals surface area contributed by atoms with Gasteiger partial charge < -0.3 is 10.1 Å². The molecule has 102 valence electrons. The van der Waals surface area contributed by atoms with Gasteiger partial charge in [0.25, 0.3) is 5.91 Å². The Bertz CT molecular complexity index is 761. The van der Waals surface area contributed by atoms with Crippen LogP contribution in [0.3, 0.4) is 0 Å². The number of azo groups is 1. The first-order valence-corrected chi connectivity index (χ1v) is 6.82. The van der Waals surface area contributed by atoms with Crippen molar-refractivity contribution in [2.24, 2.45) is 15.2 Å². The fourth-order valence-electron chi connectivity index (χ4n) is 1.87. The zero-order valence-electron chi connectivity index (χ0n) is 10.9. The van der Waals surface area contributed by atoms with Crippen LogP contribution in [-0.2, 0) is 4.79 Å². The number of fused-ring (bicyclic) bond motifs is 1. The molecule has 0 fully saturated rings. The summed E-state index contributed by atoms with van der Waals surface area (Å²) in [6.07, 6.45) is 0. The fourth-order valence-corrected chi connectivity index (χ4v) is 2.67. The highest BCUT2D eigenvalue weighted by Crippen LogP contribution is 2.37. The molecule has 7 heteroatoms. The minimum Gasteiger partial charge on any atom is -0.493 e. The number of aliphatic imine (C=N–C) groups is 1. The highest BCUT2D eigenvalue weighted by atomic mass is 32.2. The summed E-state index contributed by atoms with van der Waals surface area (Å²) in [5, 5.41) is 18.9. The summed E-state index contributed by atoms with van der Waals surface area (Å²) in [5.41, 5.74) is 1.12. The van der Waals surface area contributed by atoms with E-state index in [2.05, 4.69) is 20.2 Å². The van der Waals surface area contributed by atoms with Crippen LogP contribution in [-0.4, -0.2) is 25.9 Å². The van der Waals surface area contributed by atoms with E-state index in [1.807, 2.05) is 24.3 Å². The lowest BCUT2D eigenvalue weighted by Gasteiger charge is -2.09. The molecule has 2 heterocycles. The number of H-pyrrole nitrogens is 1. The normalized spacial score (nSPS) is 18.1. The zero-order chi connectivity index (χ0) is 14.3. The van der Waals surface area contributed by atoms with E-state index >= 15 is 0 Å². The highest BCUT2D eigenvalue weighted by Gasteiger charge is 2.36. The van der Waals surface area contributed by atoms with Crippen molar-refractivity contribution < 1.29 is 9.90 Å². The first kappa shape index (κ1) is 12.9. The number of nitrogens with zero attached hydrogens (tertiary/aromatic N) is 3. The molecule has 0 radical (unpaired) electrons. The third-order valence-corrected chi connectivity index (χ3v) is 3.99. The van der Waals surface area contributed by atoms with Crippen LogP contribution in [0, 0.1) is 0 Å². The van der Waals surface area contributed by atoms with Crippen molar-refractivity contribution in [3.63, 3.8) is 0 Å². The molecule has 6 nitrogen and oxygen atoms in total. The van der Waals surface area contributed by atoms with Crippen LogP contribution in [0.1, 0.15) is 13.8 Å². The standard InChI is InChI=1S/C13H12N4O2S/c1-13(2)11(19)15-12(20-13)17-16-9-7-5-3-4-6-8(7)14-10(9)18/h3-6,14,18H,1-2H3. The number of carbonyl (C=O) groups excluding carboxylic acids is 1. The summed E-state index contributed by atoms with van der Waals surface area (Å²) < 4.78 is -0.601. The smallest absolute Gasteiger partial charge is 0.264 e. The number of thioether (sulfide) groups is 1. The number of benzene rings is 1. The molecule has 0 saturated carbocycles. The van der Waals surface area contributed by atoms with E-state index in [4.69, 9.17) is 0 Å². The van der Waals surface area contributed by atoms with E-state index < -0.39 is 4.75 Å². The van der Waals surface area contributed by atoms with Gasteiger partial charge in [-0.05, 0) is 19.9 Å². The predicted octanol–water partition coefficient (Wildman–Crippen LogP) is 3.37. The number of amides is 1. The summed E-state index contributed by atoms with van der Waals surface area (Å²) in [6, 6.07) is 7.38. The summed E-state index contributed by atoms with van der Waals surface area (Å²) in [6.45, 7) is 3.57. The van der Waals surface area contributed by atoms with Crippen molar-refractivity contribution >= 4 is 39.4 Å². The van der Waals surface area contributed by atoms with Gasteiger partial charge in [0, 0.05) is 5.39 Å².